The summed E-state index contributed by atoms with van der Waals surface area (Å²) in [7, 11) is 0. The van der Waals surface area contributed by atoms with Gasteiger partial charge in [0.05, 0.1) is 13.2 Å². The van der Waals surface area contributed by atoms with Crippen molar-refractivity contribution in [3.05, 3.63) is 59.7 Å². The third-order valence-electron chi connectivity index (χ3n) is 5.92. The minimum absolute atomic E-state index is 0.0151. The number of nitrogens with one attached hydrogen (secondary N) is 1. The van der Waals surface area contributed by atoms with Gasteiger partial charge in [-0.05, 0) is 54.7 Å². The second kappa shape index (κ2) is 15.5. The molecule has 2 aromatic rings. The Morgan fingerprint density at radius 3 is 2.12 bits per heavy atom. The van der Waals surface area contributed by atoms with Crippen LogP contribution in [0.15, 0.2) is 48.5 Å². The smallest absolute Gasteiger partial charge is 0.482 e. The molecule has 0 aliphatic carbocycles. The van der Waals surface area contributed by atoms with Crippen LogP contribution in [0.2, 0.25) is 0 Å². The van der Waals surface area contributed by atoms with E-state index >= 15 is 0 Å². The number of carboxylic acids is 1. The number of carbonyl (C=O) groups is 2. The quantitative estimate of drug-likeness (QED) is 0.176. The Balaban J connectivity index is 1.99. The summed E-state index contributed by atoms with van der Waals surface area (Å²) >= 11 is 0. The zero-order valence-electron chi connectivity index (χ0n) is 23.0. The van der Waals surface area contributed by atoms with Gasteiger partial charge in [-0.3, -0.25) is 0 Å². The van der Waals surface area contributed by atoms with Gasteiger partial charge in [-0.25, -0.2) is 9.59 Å². The zero-order chi connectivity index (χ0) is 30.6. The number of halogens is 5. The molecule has 41 heavy (non-hydrogen) atoms. The van der Waals surface area contributed by atoms with Crippen molar-refractivity contribution < 1.29 is 50.9 Å². The highest BCUT2D eigenvalue weighted by Crippen LogP contribution is 2.36. The Morgan fingerprint density at radius 2 is 1.59 bits per heavy atom. The SMILES string of the molecule is CCOC(Cc1ccc(OCCN(CCCOC(F)(F)C(F)(F)F)C(=O)Nc2ccc(C(C)C)cc2)cc1)C(=O)O. The van der Waals surface area contributed by atoms with E-state index in [9.17, 15) is 36.6 Å². The molecule has 13 heteroatoms. The maximum atomic E-state index is 13.1. The summed E-state index contributed by atoms with van der Waals surface area (Å²) in [6.45, 7) is 4.84. The topological polar surface area (TPSA) is 97.3 Å². The molecular formula is C28H35F5N2O6. The summed E-state index contributed by atoms with van der Waals surface area (Å²) in [5.74, 6) is -0.371. The molecule has 1 atom stereocenters. The molecule has 2 aromatic carbocycles. The molecule has 0 heterocycles. The average molecular weight is 591 g/mol. The number of ether oxygens (including phenoxy) is 3. The van der Waals surface area contributed by atoms with E-state index in [1.54, 1.807) is 43.3 Å². The van der Waals surface area contributed by atoms with Crippen molar-refractivity contribution in [1.29, 1.82) is 0 Å². The molecule has 2 N–H and O–H groups in total. The number of carbonyl (C=O) groups excluding carboxylic acids is 1. The Kier molecular flexibility index (Phi) is 12.8. The second-order valence-corrected chi connectivity index (χ2v) is 9.39. The van der Waals surface area contributed by atoms with E-state index in [0.29, 0.717) is 17.0 Å². The van der Waals surface area contributed by atoms with Gasteiger partial charge in [0.15, 0.2) is 6.10 Å². The first-order chi connectivity index (χ1) is 19.2. The average Bonchev–Trinajstić information content (AvgIpc) is 2.90. The van der Waals surface area contributed by atoms with Gasteiger partial charge in [-0.2, -0.15) is 22.0 Å². The van der Waals surface area contributed by atoms with Crippen LogP contribution in [0.4, 0.5) is 32.4 Å². The van der Waals surface area contributed by atoms with E-state index in [1.807, 2.05) is 26.0 Å². The van der Waals surface area contributed by atoms with Crippen LogP contribution in [0.1, 0.15) is 44.2 Å². The van der Waals surface area contributed by atoms with Gasteiger partial charge in [0.1, 0.15) is 12.4 Å². The number of hydrogen-bond acceptors (Lipinski definition) is 5. The number of amides is 2. The van der Waals surface area contributed by atoms with Gasteiger partial charge in [-0.1, -0.05) is 38.1 Å². The Bertz CT molecular complexity index is 1090. The lowest BCUT2D eigenvalue weighted by molar-refractivity contribution is -0.391. The van der Waals surface area contributed by atoms with Crippen molar-refractivity contribution in [2.75, 3.05) is 38.2 Å². The third-order valence-corrected chi connectivity index (χ3v) is 5.92. The maximum absolute atomic E-state index is 13.1. The predicted octanol–water partition coefficient (Wildman–Crippen LogP) is 6.32. The van der Waals surface area contributed by atoms with Crippen molar-refractivity contribution in [2.24, 2.45) is 0 Å². The van der Waals surface area contributed by atoms with Gasteiger partial charge in [-0.15, -0.1) is 0 Å². The van der Waals surface area contributed by atoms with Crippen LogP contribution in [0.5, 0.6) is 5.75 Å². The summed E-state index contributed by atoms with van der Waals surface area (Å²) in [5.41, 5.74) is 2.24. The maximum Gasteiger partial charge on any atom is 0.482 e. The Labute approximate surface area is 235 Å². The number of aliphatic carboxylic acids is 1. The lowest BCUT2D eigenvalue weighted by Gasteiger charge is -2.24. The van der Waals surface area contributed by atoms with Crippen molar-refractivity contribution in [3.8, 4) is 5.75 Å². The minimum atomic E-state index is -5.84. The highest BCUT2D eigenvalue weighted by molar-refractivity contribution is 5.89. The van der Waals surface area contributed by atoms with Crippen molar-refractivity contribution in [1.82, 2.24) is 4.90 Å². The normalized spacial score (nSPS) is 12.7. The number of nitrogens with zero attached hydrogens (tertiary/aromatic N) is 1. The molecule has 0 saturated heterocycles. The fraction of sp³-hybridized carbons (Fsp3) is 0.500. The van der Waals surface area contributed by atoms with E-state index < -0.39 is 37.0 Å². The molecule has 8 nitrogen and oxygen atoms in total. The molecule has 0 aliphatic rings. The highest BCUT2D eigenvalue weighted by Gasteiger charge is 2.59. The van der Waals surface area contributed by atoms with E-state index in [1.165, 1.54) is 4.90 Å². The van der Waals surface area contributed by atoms with Gasteiger partial charge in [0.2, 0.25) is 0 Å². The summed E-state index contributed by atoms with van der Waals surface area (Å²) in [4.78, 5) is 25.4. The molecule has 2 amide bonds. The van der Waals surface area contributed by atoms with E-state index in [-0.39, 0.29) is 45.1 Å². The molecular weight excluding hydrogens is 555 g/mol. The first kappa shape index (κ1) is 33.8. The van der Waals surface area contributed by atoms with Crippen LogP contribution in [-0.2, 0) is 20.7 Å². The lowest BCUT2D eigenvalue weighted by Crippen LogP contribution is -2.41. The summed E-state index contributed by atoms with van der Waals surface area (Å²) in [6, 6.07) is 13.1. The van der Waals surface area contributed by atoms with E-state index in [2.05, 4.69) is 10.1 Å². The largest absolute Gasteiger partial charge is 0.492 e. The number of rotatable bonds is 16. The first-order valence-corrected chi connectivity index (χ1v) is 13.0. The fourth-order valence-corrected chi connectivity index (χ4v) is 3.63. The summed E-state index contributed by atoms with van der Waals surface area (Å²) in [5, 5.41) is 11.9. The minimum Gasteiger partial charge on any atom is -0.492 e. The summed E-state index contributed by atoms with van der Waals surface area (Å²) < 4.78 is 77.8. The third kappa shape index (κ3) is 11.2. The molecule has 2 rings (SSSR count). The van der Waals surface area contributed by atoms with Crippen molar-refractivity contribution in [3.63, 3.8) is 0 Å². The van der Waals surface area contributed by atoms with Gasteiger partial charge in [0.25, 0.3) is 0 Å². The van der Waals surface area contributed by atoms with Crippen LogP contribution < -0.4 is 10.1 Å². The molecule has 0 saturated carbocycles. The molecule has 0 aliphatic heterocycles. The molecule has 0 bridgehead atoms. The fourth-order valence-electron chi connectivity index (χ4n) is 3.63. The Morgan fingerprint density at radius 1 is 0.951 bits per heavy atom. The van der Waals surface area contributed by atoms with Crippen molar-refractivity contribution in [2.45, 2.75) is 57.9 Å². The lowest BCUT2D eigenvalue weighted by atomic mass is 10.0. The van der Waals surface area contributed by atoms with Crippen LogP contribution in [0.25, 0.3) is 0 Å². The monoisotopic (exact) mass is 590 g/mol. The molecule has 228 valence electrons. The number of anilines is 1. The zero-order valence-corrected chi connectivity index (χ0v) is 23.0. The molecule has 0 aromatic heterocycles. The van der Waals surface area contributed by atoms with E-state index in [0.717, 1.165) is 5.56 Å². The molecule has 0 fully saturated rings. The number of carboxylic acid groups (broad SMARTS) is 1. The molecule has 0 radical (unpaired) electrons. The van der Waals surface area contributed by atoms with Gasteiger partial charge >= 0.3 is 24.3 Å². The van der Waals surface area contributed by atoms with E-state index in [4.69, 9.17) is 9.47 Å². The predicted molar refractivity (Wildman–Crippen MR) is 141 cm³/mol. The number of alkyl halides is 5. The van der Waals surface area contributed by atoms with Crippen LogP contribution >= 0.6 is 0 Å². The van der Waals surface area contributed by atoms with Crippen molar-refractivity contribution >= 4 is 17.7 Å². The summed E-state index contributed by atoms with van der Waals surface area (Å²) in [6.07, 6.45) is -12.2. The number of urea groups is 1. The second-order valence-electron chi connectivity index (χ2n) is 9.39. The molecule has 1 unspecified atom stereocenters. The standard InChI is InChI=1S/C28H35F5N2O6/c1-4-39-24(25(36)37)18-20-6-12-23(13-7-20)40-17-15-35(14-5-16-41-28(32,33)27(29,30)31)26(38)34-22-10-8-21(9-11-22)19(2)3/h6-13,19,24H,4-5,14-18H2,1-3H3,(H,34,38)(H,36,37). The first-order valence-electron chi connectivity index (χ1n) is 13.0. The molecule has 0 spiro atoms. The number of hydrogen-bond donors (Lipinski definition) is 2. The van der Waals surface area contributed by atoms with Crippen LogP contribution in [-0.4, -0.2) is 73.3 Å². The van der Waals surface area contributed by atoms with Crippen LogP contribution in [0.3, 0.4) is 0 Å². The van der Waals surface area contributed by atoms with Gasteiger partial charge < -0.3 is 29.5 Å². The highest BCUT2D eigenvalue weighted by atomic mass is 19.4. The Hall–Kier alpha value is -3.45. The number of benzene rings is 2. The van der Waals surface area contributed by atoms with Crippen LogP contribution in [0, 0.1) is 0 Å². The van der Waals surface area contributed by atoms with Gasteiger partial charge in [0, 0.05) is 25.3 Å².